The average Bonchev–Trinajstić information content (AvgIpc) is 2.81. The van der Waals surface area contributed by atoms with Crippen LogP contribution in [0.15, 0.2) is 12.2 Å². The first-order valence-corrected chi connectivity index (χ1v) is 20.5. The zero-order chi connectivity index (χ0) is 30.2. The Morgan fingerprint density at radius 2 is 1.49 bits per heavy atom. The molecule has 7 nitrogen and oxygen atoms in total. The average molecular weight is 584 g/mol. The minimum atomic E-state index is -2.30. The van der Waals surface area contributed by atoms with Crippen molar-refractivity contribution < 1.29 is 28.0 Å². The molecule has 0 heterocycles. The van der Waals surface area contributed by atoms with E-state index in [0.717, 1.165) is 6.42 Å². The van der Waals surface area contributed by atoms with Crippen LogP contribution in [-0.4, -0.2) is 66.5 Å². The Labute approximate surface area is 240 Å². The molecule has 0 N–H and O–H groups in total. The van der Waals surface area contributed by atoms with Gasteiger partial charge >= 0.3 is 5.97 Å². The number of rotatable bonds is 9. The predicted molar refractivity (Wildman–Crippen MR) is 162 cm³/mol. The number of amides is 1. The number of hydrogen-bond acceptors (Lipinski definition) is 6. The molecule has 2 rings (SSSR count). The zero-order valence-electron chi connectivity index (χ0n) is 27.3. The molecule has 9 heteroatoms. The van der Waals surface area contributed by atoms with E-state index in [1.165, 1.54) is 12.2 Å². The molecule has 2 aliphatic carbocycles. The smallest absolute Gasteiger partial charge is 0.313 e. The summed E-state index contributed by atoms with van der Waals surface area (Å²) in [5.74, 6) is -0.940. The molecule has 0 unspecified atom stereocenters. The Hall–Kier alpha value is -1.01. The number of esters is 1. The standard InChI is InChI=1S/C30H57NO6Si2/c1-15-35-27(33)30-19-17-16-18-23(30)22(20-24(32)31(9)34-10)26(37-39(13,14)29(6,7)8)25(21(30)2)36-38(11,12)28(3,4)5/h16,18,21-23,25-26H,15,17,19-20H2,1-14H3/t21-,22+,23-,25-,26-,30-/m1/s1. The highest BCUT2D eigenvalue weighted by Crippen LogP contribution is 2.58. The topological polar surface area (TPSA) is 74.3 Å². The highest BCUT2D eigenvalue weighted by atomic mass is 28.4. The van der Waals surface area contributed by atoms with Crippen LogP contribution in [0.1, 0.15) is 74.7 Å². The van der Waals surface area contributed by atoms with Crippen LogP contribution in [-0.2, 0) is 28.0 Å². The van der Waals surface area contributed by atoms with Gasteiger partial charge < -0.3 is 13.6 Å². The van der Waals surface area contributed by atoms with Crippen LogP contribution in [0, 0.1) is 23.2 Å². The summed E-state index contributed by atoms with van der Waals surface area (Å²) in [4.78, 5) is 32.7. The van der Waals surface area contributed by atoms with Crippen LogP contribution >= 0.6 is 0 Å². The van der Waals surface area contributed by atoms with Crippen molar-refractivity contribution in [3.63, 3.8) is 0 Å². The summed E-state index contributed by atoms with van der Waals surface area (Å²) in [6.45, 7) is 26.8. The summed E-state index contributed by atoms with van der Waals surface area (Å²) in [5, 5.41) is 1.22. The maximum Gasteiger partial charge on any atom is 0.313 e. The number of carbonyl (C=O) groups is 2. The molecule has 0 aromatic rings. The molecule has 0 saturated heterocycles. The molecule has 226 valence electrons. The largest absolute Gasteiger partial charge is 0.466 e. The maximum absolute atomic E-state index is 14.0. The first kappa shape index (κ1) is 34.2. The van der Waals surface area contributed by atoms with Gasteiger partial charge in [-0.25, -0.2) is 5.06 Å². The number of allylic oxidation sites excluding steroid dienone is 2. The van der Waals surface area contributed by atoms with Gasteiger partial charge in [0, 0.05) is 25.3 Å². The van der Waals surface area contributed by atoms with Crippen LogP contribution in [0.5, 0.6) is 0 Å². The Bertz CT molecular complexity index is 906. The molecule has 39 heavy (non-hydrogen) atoms. The molecule has 1 fully saturated rings. The second kappa shape index (κ2) is 12.1. The van der Waals surface area contributed by atoms with Crippen LogP contribution < -0.4 is 0 Å². The van der Waals surface area contributed by atoms with Gasteiger partial charge in [0.15, 0.2) is 16.6 Å². The van der Waals surface area contributed by atoms with Gasteiger partial charge in [-0.05, 0) is 61.9 Å². The van der Waals surface area contributed by atoms with Crippen molar-refractivity contribution in [1.82, 2.24) is 5.06 Å². The number of hydroxylamine groups is 2. The van der Waals surface area contributed by atoms with Crippen LogP contribution in [0.3, 0.4) is 0 Å². The first-order chi connectivity index (χ1) is 17.7. The normalized spacial score (nSPS) is 30.1. The molecule has 6 atom stereocenters. The molecule has 0 aliphatic heterocycles. The molecular weight excluding hydrogens is 527 g/mol. The van der Waals surface area contributed by atoms with E-state index < -0.39 is 22.0 Å². The van der Waals surface area contributed by atoms with Crippen LogP contribution in [0.25, 0.3) is 0 Å². The molecule has 2 aliphatic rings. The van der Waals surface area contributed by atoms with Crippen molar-refractivity contribution in [1.29, 1.82) is 0 Å². The molecular formula is C30H57NO6Si2. The summed E-state index contributed by atoms with van der Waals surface area (Å²) >= 11 is 0. The van der Waals surface area contributed by atoms with Gasteiger partial charge in [-0.15, -0.1) is 0 Å². The summed E-state index contributed by atoms with van der Waals surface area (Å²) in [6.07, 6.45) is 5.28. The van der Waals surface area contributed by atoms with E-state index in [2.05, 4.69) is 86.8 Å². The second-order valence-corrected chi connectivity index (χ2v) is 24.2. The minimum Gasteiger partial charge on any atom is -0.466 e. The van der Waals surface area contributed by atoms with E-state index in [1.54, 1.807) is 7.05 Å². The molecule has 1 saturated carbocycles. The highest BCUT2D eigenvalue weighted by Gasteiger charge is 2.64. The highest BCUT2D eigenvalue weighted by molar-refractivity contribution is 6.74. The number of nitrogens with zero attached hydrogens (tertiary/aromatic N) is 1. The molecule has 0 spiro atoms. The second-order valence-electron chi connectivity index (χ2n) is 14.7. The van der Waals surface area contributed by atoms with Crippen molar-refractivity contribution in [2.75, 3.05) is 20.8 Å². The van der Waals surface area contributed by atoms with Crippen molar-refractivity contribution in [2.45, 2.75) is 123 Å². The van der Waals surface area contributed by atoms with Gasteiger partial charge in [0.05, 0.1) is 31.3 Å². The first-order valence-electron chi connectivity index (χ1n) is 14.7. The van der Waals surface area contributed by atoms with Crippen molar-refractivity contribution in [2.24, 2.45) is 23.2 Å². The number of ether oxygens (including phenoxy) is 1. The molecule has 0 radical (unpaired) electrons. The summed E-state index contributed by atoms with van der Waals surface area (Å²) in [5.41, 5.74) is -0.790. The Balaban J connectivity index is 2.83. The number of carbonyl (C=O) groups excluding carboxylic acids is 2. The summed E-state index contributed by atoms with van der Waals surface area (Å²) < 4.78 is 20.4. The van der Waals surface area contributed by atoms with Crippen LogP contribution in [0.2, 0.25) is 36.3 Å². The van der Waals surface area contributed by atoms with Crippen molar-refractivity contribution in [3.05, 3.63) is 12.2 Å². The molecule has 0 bridgehead atoms. The summed E-state index contributed by atoms with van der Waals surface area (Å²) in [7, 11) is -1.46. The minimum absolute atomic E-state index is 0.0315. The van der Waals surface area contributed by atoms with Gasteiger partial charge in [-0.3, -0.25) is 14.4 Å². The van der Waals surface area contributed by atoms with Gasteiger partial charge in [0.2, 0.25) is 5.91 Å². The van der Waals surface area contributed by atoms with Gasteiger partial charge in [0.1, 0.15) is 0 Å². The van der Waals surface area contributed by atoms with Gasteiger partial charge in [-0.1, -0.05) is 60.6 Å². The Morgan fingerprint density at radius 3 is 1.95 bits per heavy atom. The SMILES string of the molecule is CCOC(=O)[C@@]12CCC=C[C@@H]1[C@H](CC(=O)N(C)OC)[C@@H](O[Si](C)(C)C(C)(C)C)[C@H](O[Si](C)(C)C(C)(C)C)[C@H]2C. The van der Waals surface area contributed by atoms with Gasteiger partial charge in [0.25, 0.3) is 0 Å². The van der Waals surface area contributed by atoms with Crippen molar-refractivity contribution in [3.8, 4) is 0 Å². The van der Waals surface area contributed by atoms with E-state index >= 15 is 0 Å². The van der Waals surface area contributed by atoms with Crippen molar-refractivity contribution >= 4 is 28.5 Å². The summed E-state index contributed by atoms with van der Waals surface area (Å²) in [6, 6.07) is 0. The lowest BCUT2D eigenvalue weighted by Gasteiger charge is -2.59. The third kappa shape index (κ3) is 6.74. The van der Waals surface area contributed by atoms with Gasteiger partial charge in [-0.2, -0.15) is 0 Å². The molecule has 1 amide bonds. The van der Waals surface area contributed by atoms with E-state index in [0.29, 0.717) is 13.0 Å². The molecule has 0 aromatic carbocycles. The monoisotopic (exact) mass is 583 g/mol. The maximum atomic E-state index is 14.0. The quantitative estimate of drug-likeness (QED) is 0.126. The number of fused-ring (bicyclic) bond motifs is 1. The van der Waals surface area contributed by atoms with E-state index in [4.69, 9.17) is 18.4 Å². The lowest BCUT2D eigenvalue weighted by Crippen LogP contribution is -2.66. The van der Waals surface area contributed by atoms with E-state index in [-0.39, 0.29) is 58.3 Å². The van der Waals surface area contributed by atoms with Crippen LogP contribution in [0.4, 0.5) is 0 Å². The fraction of sp³-hybridized carbons (Fsp3) is 0.867. The zero-order valence-corrected chi connectivity index (χ0v) is 29.3. The molecule has 0 aromatic heterocycles. The third-order valence-corrected chi connectivity index (χ3v) is 19.3. The fourth-order valence-electron chi connectivity index (χ4n) is 5.71. The fourth-order valence-corrected chi connectivity index (χ4v) is 8.42. The lowest BCUT2D eigenvalue weighted by molar-refractivity contribution is -0.195. The van der Waals surface area contributed by atoms with E-state index in [9.17, 15) is 9.59 Å². The number of hydrogen-bond donors (Lipinski definition) is 0. The lowest BCUT2D eigenvalue weighted by atomic mass is 9.51. The third-order valence-electron chi connectivity index (χ3n) is 10.3. The predicted octanol–water partition coefficient (Wildman–Crippen LogP) is 6.96. The van der Waals surface area contributed by atoms with E-state index in [1.807, 2.05) is 6.92 Å². The Kier molecular flexibility index (Phi) is 10.6. The Morgan fingerprint density at radius 1 is 0.974 bits per heavy atom.